The van der Waals surface area contributed by atoms with E-state index in [1.807, 2.05) is 6.92 Å². The number of amides is 1. The number of hydrogen-bond donors (Lipinski definition) is 1. The number of halogens is 1. The highest BCUT2D eigenvalue weighted by Crippen LogP contribution is 2.25. The largest absolute Gasteiger partial charge is 0.357 e. The molecule has 1 N–H and O–H groups in total. The van der Waals surface area contributed by atoms with Crippen LogP contribution >= 0.6 is 0 Å². The molecule has 1 unspecified atom stereocenters. The standard InChI is InChI=1S/C13H15FN2O2/c1-2-11-13(18)15-6-7-16(11)12-5-3-4-10(14)9(12)8-17/h3-5,8,11H,2,6-7H2,1H3,(H,15,18). The van der Waals surface area contributed by atoms with Crippen molar-refractivity contribution in [2.45, 2.75) is 19.4 Å². The molecule has 1 aromatic rings. The van der Waals surface area contributed by atoms with E-state index in [2.05, 4.69) is 5.32 Å². The molecule has 4 nitrogen and oxygen atoms in total. The van der Waals surface area contributed by atoms with Gasteiger partial charge in [-0.25, -0.2) is 4.39 Å². The molecule has 1 amide bonds. The summed E-state index contributed by atoms with van der Waals surface area (Å²) in [5.74, 6) is -0.631. The van der Waals surface area contributed by atoms with E-state index in [1.54, 1.807) is 17.0 Å². The Morgan fingerprint density at radius 3 is 3.00 bits per heavy atom. The number of hydrogen-bond acceptors (Lipinski definition) is 3. The summed E-state index contributed by atoms with van der Waals surface area (Å²) in [7, 11) is 0. The monoisotopic (exact) mass is 250 g/mol. The number of nitrogens with one attached hydrogen (secondary N) is 1. The minimum absolute atomic E-state index is 0.0191. The van der Waals surface area contributed by atoms with Crippen LogP contribution in [0.1, 0.15) is 23.7 Å². The van der Waals surface area contributed by atoms with E-state index < -0.39 is 5.82 Å². The van der Waals surface area contributed by atoms with Crippen LogP contribution in [0.5, 0.6) is 0 Å². The summed E-state index contributed by atoms with van der Waals surface area (Å²) in [4.78, 5) is 24.6. The van der Waals surface area contributed by atoms with E-state index in [-0.39, 0.29) is 17.5 Å². The van der Waals surface area contributed by atoms with Crippen LogP contribution in [-0.4, -0.2) is 31.3 Å². The molecule has 1 aromatic carbocycles. The van der Waals surface area contributed by atoms with Crippen LogP contribution < -0.4 is 10.2 Å². The quantitative estimate of drug-likeness (QED) is 0.824. The highest BCUT2D eigenvalue weighted by Gasteiger charge is 2.29. The molecule has 18 heavy (non-hydrogen) atoms. The second-order valence-electron chi connectivity index (χ2n) is 4.20. The lowest BCUT2D eigenvalue weighted by atomic mass is 10.1. The second-order valence-corrected chi connectivity index (χ2v) is 4.20. The van der Waals surface area contributed by atoms with Crippen molar-refractivity contribution in [1.29, 1.82) is 0 Å². The van der Waals surface area contributed by atoms with Gasteiger partial charge in [-0.1, -0.05) is 13.0 Å². The Kier molecular flexibility index (Phi) is 3.60. The molecule has 1 heterocycles. The fourth-order valence-corrected chi connectivity index (χ4v) is 2.30. The summed E-state index contributed by atoms with van der Waals surface area (Å²) in [5, 5.41) is 2.77. The predicted molar refractivity (Wildman–Crippen MR) is 66.2 cm³/mol. The number of benzene rings is 1. The van der Waals surface area contributed by atoms with Gasteiger partial charge in [0.05, 0.1) is 11.3 Å². The van der Waals surface area contributed by atoms with Crippen molar-refractivity contribution in [3.05, 3.63) is 29.6 Å². The maximum atomic E-state index is 13.6. The zero-order chi connectivity index (χ0) is 13.1. The van der Waals surface area contributed by atoms with Crippen molar-refractivity contribution in [3.63, 3.8) is 0 Å². The molecular weight excluding hydrogens is 235 g/mol. The summed E-state index contributed by atoms with van der Waals surface area (Å²) in [5.41, 5.74) is 0.511. The Hall–Kier alpha value is -1.91. The van der Waals surface area contributed by atoms with Crippen LogP contribution in [0, 0.1) is 5.82 Å². The van der Waals surface area contributed by atoms with Crippen LogP contribution in [0.3, 0.4) is 0 Å². The predicted octanol–water partition coefficient (Wildman–Crippen LogP) is 1.35. The minimum atomic E-state index is -0.552. The van der Waals surface area contributed by atoms with Gasteiger partial charge in [0.25, 0.3) is 0 Å². The summed E-state index contributed by atoms with van der Waals surface area (Å²) in [6.07, 6.45) is 1.12. The normalized spacial score (nSPS) is 19.6. The summed E-state index contributed by atoms with van der Waals surface area (Å²) >= 11 is 0. The SMILES string of the molecule is CCC1C(=O)NCCN1c1cccc(F)c1C=O. The number of nitrogens with zero attached hydrogens (tertiary/aromatic N) is 1. The molecule has 96 valence electrons. The molecule has 1 fully saturated rings. The van der Waals surface area contributed by atoms with Gasteiger partial charge in [-0.2, -0.15) is 0 Å². The number of anilines is 1. The fourth-order valence-electron chi connectivity index (χ4n) is 2.30. The number of rotatable bonds is 3. The molecule has 1 aliphatic heterocycles. The van der Waals surface area contributed by atoms with Gasteiger partial charge < -0.3 is 10.2 Å². The summed E-state index contributed by atoms with van der Waals surface area (Å²) in [6.45, 7) is 2.97. The van der Waals surface area contributed by atoms with Crippen molar-refractivity contribution < 1.29 is 14.0 Å². The smallest absolute Gasteiger partial charge is 0.242 e. The van der Waals surface area contributed by atoms with Crippen molar-refractivity contribution in [2.75, 3.05) is 18.0 Å². The maximum Gasteiger partial charge on any atom is 0.242 e. The Labute approximate surface area is 105 Å². The van der Waals surface area contributed by atoms with Gasteiger partial charge in [0.1, 0.15) is 11.9 Å². The molecule has 0 bridgehead atoms. The molecule has 0 aromatic heterocycles. The zero-order valence-electron chi connectivity index (χ0n) is 10.1. The highest BCUT2D eigenvalue weighted by atomic mass is 19.1. The van der Waals surface area contributed by atoms with Gasteiger partial charge in [0, 0.05) is 13.1 Å². The molecule has 0 aliphatic carbocycles. The van der Waals surface area contributed by atoms with E-state index >= 15 is 0 Å². The van der Waals surface area contributed by atoms with Crippen molar-refractivity contribution in [3.8, 4) is 0 Å². The molecule has 1 atom stereocenters. The van der Waals surface area contributed by atoms with Gasteiger partial charge >= 0.3 is 0 Å². The first-order valence-corrected chi connectivity index (χ1v) is 5.97. The number of piperazine rings is 1. The lowest BCUT2D eigenvalue weighted by Gasteiger charge is -2.36. The first-order valence-electron chi connectivity index (χ1n) is 5.97. The van der Waals surface area contributed by atoms with Crippen molar-refractivity contribution in [2.24, 2.45) is 0 Å². The summed E-state index contributed by atoms with van der Waals surface area (Å²) in [6, 6.07) is 4.13. The van der Waals surface area contributed by atoms with Crippen LogP contribution in [0.25, 0.3) is 0 Å². The summed E-state index contributed by atoms with van der Waals surface area (Å²) < 4.78 is 13.6. The van der Waals surface area contributed by atoms with Crippen LogP contribution in [0.2, 0.25) is 0 Å². The second kappa shape index (κ2) is 5.16. The molecule has 5 heteroatoms. The Morgan fingerprint density at radius 2 is 2.33 bits per heavy atom. The molecule has 1 aliphatic rings. The van der Waals surface area contributed by atoms with Crippen LogP contribution in [-0.2, 0) is 4.79 Å². The van der Waals surface area contributed by atoms with E-state index in [9.17, 15) is 14.0 Å². The van der Waals surface area contributed by atoms with Crippen molar-refractivity contribution in [1.82, 2.24) is 5.32 Å². The fraction of sp³-hybridized carbons (Fsp3) is 0.385. The average Bonchev–Trinajstić information content (AvgIpc) is 2.38. The number of carbonyl (C=O) groups excluding carboxylic acids is 2. The van der Waals surface area contributed by atoms with Gasteiger partial charge in [0.2, 0.25) is 5.91 Å². The van der Waals surface area contributed by atoms with Crippen LogP contribution in [0.4, 0.5) is 10.1 Å². The third kappa shape index (κ3) is 2.08. The molecule has 0 radical (unpaired) electrons. The Bertz CT molecular complexity index is 476. The molecule has 1 saturated heterocycles. The van der Waals surface area contributed by atoms with E-state index in [0.717, 1.165) is 0 Å². The Morgan fingerprint density at radius 1 is 1.56 bits per heavy atom. The molecule has 0 spiro atoms. The lowest BCUT2D eigenvalue weighted by Crippen LogP contribution is -2.55. The number of carbonyl (C=O) groups is 2. The van der Waals surface area contributed by atoms with E-state index in [0.29, 0.717) is 31.5 Å². The lowest BCUT2D eigenvalue weighted by molar-refractivity contribution is -0.123. The molecular formula is C13H15FN2O2. The van der Waals surface area contributed by atoms with E-state index in [4.69, 9.17) is 0 Å². The first-order chi connectivity index (χ1) is 8.69. The zero-order valence-corrected chi connectivity index (χ0v) is 10.1. The third-order valence-electron chi connectivity index (χ3n) is 3.17. The Balaban J connectivity index is 2.43. The minimum Gasteiger partial charge on any atom is -0.357 e. The van der Waals surface area contributed by atoms with Gasteiger partial charge in [-0.3, -0.25) is 9.59 Å². The van der Waals surface area contributed by atoms with Gasteiger partial charge in [-0.05, 0) is 18.6 Å². The van der Waals surface area contributed by atoms with E-state index in [1.165, 1.54) is 6.07 Å². The molecule has 0 saturated carbocycles. The van der Waals surface area contributed by atoms with Gasteiger partial charge in [0.15, 0.2) is 6.29 Å². The highest BCUT2D eigenvalue weighted by molar-refractivity contribution is 5.90. The maximum absolute atomic E-state index is 13.6. The third-order valence-corrected chi connectivity index (χ3v) is 3.17. The topological polar surface area (TPSA) is 49.4 Å². The van der Waals surface area contributed by atoms with Crippen LogP contribution in [0.15, 0.2) is 18.2 Å². The van der Waals surface area contributed by atoms with Crippen molar-refractivity contribution >= 4 is 17.9 Å². The average molecular weight is 250 g/mol. The van der Waals surface area contributed by atoms with Gasteiger partial charge in [-0.15, -0.1) is 0 Å². The molecule has 2 rings (SSSR count). The number of aldehydes is 1. The first kappa shape index (κ1) is 12.5.